The zero-order valence-corrected chi connectivity index (χ0v) is 13.2. The van der Waals surface area contributed by atoms with Crippen LogP contribution in [0.1, 0.15) is 12.5 Å². The number of aromatic nitrogens is 2. The molecule has 104 valence electrons. The zero-order chi connectivity index (χ0) is 14.2. The van der Waals surface area contributed by atoms with Gasteiger partial charge in [-0.15, -0.1) is 22.7 Å². The van der Waals surface area contributed by atoms with E-state index in [9.17, 15) is 0 Å². The summed E-state index contributed by atoms with van der Waals surface area (Å²) in [6.45, 7) is 2.19. The van der Waals surface area contributed by atoms with Crippen molar-refractivity contribution in [1.29, 1.82) is 0 Å². The Morgan fingerprint density at radius 2 is 2.10 bits per heavy atom. The van der Waals surface area contributed by atoms with Crippen LogP contribution in [0.2, 0.25) is 0 Å². The average molecular weight is 310 g/mol. The number of benzene rings is 1. The molecule has 0 unspecified atom stereocenters. The number of rotatable bonds is 3. The number of thiophene rings is 1. The van der Waals surface area contributed by atoms with Crippen molar-refractivity contribution in [3.63, 3.8) is 0 Å². The zero-order valence-electron chi connectivity index (χ0n) is 11.6. The Labute approximate surface area is 131 Å². The molecule has 1 N–H and O–H groups in total. The molecule has 0 aliphatic heterocycles. The Kier molecular flexibility index (Phi) is 3.13. The summed E-state index contributed by atoms with van der Waals surface area (Å²) in [6, 6.07) is 10.7. The maximum absolute atomic E-state index is 4.81. The molecule has 3 heterocycles. The van der Waals surface area contributed by atoms with Crippen LogP contribution >= 0.6 is 22.7 Å². The van der Waals surface area contributed by atoms with Crippen LogP contribution in [0.3, 0.4) is 0 Å². The fourth-order valence-electron chi connectivity index (χ4n) is 2.63. The van der Waals surface area contributed by atoms with Crippen LogP contribution < -0.4 is 0 Å². The van der Waals surface area contributed by atoms with Crippen molar-refractivity contribution in [3.05, 3.63) is 52.9 Å². The molecular formula is C17H14N2S2. The minimum atomic E-state index is 1.04. The summed E-state index contributed by atoms with van der Waals surface area (Å²) in [5.41, 5.74) is 4.84. The largest absolute Gasteiger partial charge is 0.360 e. The van der Waals surface area contributed by atoms with Crippen LogP contribution in [0.15, 0.2) is 47.3 Å². The van der Waals surface area contributed by atoms with Gasteiger partial charge in [-0.2, -0.15) is 0 Å². The highest BCUT2D eigenvalue weighted by Gasteiger charge is 2.12. The maximum atomic E-state index is 4.81. The number of thiazole rings is 1. The van der Waals surface area contributed by atoms with Crippen molar-refractivity contribution >= 4 is 33.6 Å². The molecule has 0 radical (unpaired) electrons. The first kappa shape index (κ1) is 12.8. The summed E-state index contributed by atoms with van der Waals surface area (Å²) in [6.07, 6.45) is 3.12. The van der Waals surface area contributed by atoms with E-state index >= 15 is 0 Å². The van der Waals surface area contributed by atoms with Crippen molar-refractivity contribution in [1.82, 2.24) is 9.97 Å². The second kappa shape index (κ2) is 5.13. The molecule has 2 nitrogen and oxygen atoms in total. The van der Waals surface area contributed by atoms with Crippen molar-refractivity contribution in [2.24, 2.45) is 0 Å². The Bertz CT molecular complexity index is 885. The highest BCUT2D eigenvalue weighted by atomic mass is 32.1. The first-order valence-electron chi connectivity index (χ1n) is 6.95. The number of hydrogen-bond acceptors (Lipinski definition) is 3. The van der Waals surface area contributed by atoms with Gasteiger partial charge in [-0.3, -0.25) is 0 Å². The highest BCUT2D eigenvalue weighted by molar-refractivity contribution is 7.20. The predicted molar refractivity (Wildman–Crippen MR) is 92.1 cm³/mol. The van der Waals surface area contributed by atoms with Crippen LogP contribution in [0, 0.1) is 0 Å². The Morgan fingerprint density at radius 1 is 1.14 bits per heavy atom. The van der Waals surface area contributed by atoms with Gasteiger partial charge in [0.05, 0.1) is 10.6 Å². The lowest BCUT2D eigenvalue weighted by Gasteiger charge is -1.99. The molecule has 0 aliphatic rings. The molecule has 4 rings (SSSR count). The number of para-hydroxylation sites is 1. The lowest BCUT2D eigenvalue weighted by Crippen LogP contribution is -1.82. The van der Waals surface area contributed by atoms with Crippen LogP contribution in [-0.2, 0) is 6.42 Å². The Hall–Kier alpha value is -1.91. The van der Waals surface area contributed by atoms with Gasteiger partial charge in [-0.1, -0.05) is 31.2 Å². The van der Waals surface area contributed by atoms with Gasteiger partial charge in [0.15, 0.2) is 0 Å². The number of nitrogens with zero attached hydrogens (tertiary/aromatic N) is 1. The van der Waals surface area contributed by atoms with Gasteiger partial charge in [0.1, 0.15) is 5.01 Å². The quantitative estimate of drug-likeness (QED) is 0.525. The fourth-order valence-corrected chi connectivity index (χ4v) is 4.27. The van der Waals surface area contributed by atoms with Crippen molar-refractivity contribution < 1.29 is 0 Å². The summed E-state index contributed by atoms with van der Waals surface area (Å²) in [5.74, 6) is 0. The van der Waals surface area contributed by atoms with Gasteiger partial charge >= 0.3 is 0 Å². The summed E-state index contributed by atoms with van der Waals surface area (Å²) in [5, 5.41) is 6.60. The van der Waals surface area contributed by atoms with Gasteiger partial charge < -0.3 is 4.98 Å². The first-order valence-corrected chi connectivity index (χ1v) is 8.71. The monoisotopic (exact) mass is 310 g/mol. The second-order valence-electron chi connectivity index (χ2n) is 4.91. The third-order valence-electron chi connectivity index (χ3n) is 3.69. The van der Waals surface area contributed by atoms with E-state index in [1.165, 1.54) is 26.9 Å². The lowest BCUT2D eigenvalue weighted by molar-refractivity contribution is 1.15. The smallest absolute Gasteiger partial charge is 0.134 e. The molecule has 4 heteroatoms. The van der Waals surface area contributed by atoms with Crippen LogP contribution in [-0.4, -0.2) is 9.97 Å². The third kappa shape index (κ3) is 2.11. The number of fused-ring (bicyclic) bond motifs is 1. The molecule has 21 heavy (non-hydrogen) atoms. The fraction of sp³-hybridized carbons (Fsp3) is 0.118. The molecule has 0 fully saturated rings. The van der Waals surface area contributed by atoms with Crippen LogP contribution in [0.4, 0.5) is 0 Å². The van der Waals surface area contributed by atoms with E-state index in [2.05, 4.69) is 59.2 Å². The minimum Gasteiger partial charge on any atom is -0.360 e. The third-order valence-corrected chi connectivity index (χ3v) is 5.58. The molecule has 0 saturated heterocycles. The standard InChI is InChI=1S/C17H14N2S2/c1-2-11-5-3-6-12-13(9-18-16(11)12)14-10-21-17(19-14)15-7-4-8-20-15/h3-10,18H,2H2,1H3. The number of nitrogens with one attached hydrogen (secondary N) is 1. The first-order chi connectivity index (χ1) is 10.4. The Morgan fingerprint density at radius 3 is 2.90 bits per heavy atom. The molecule has 0 atom stereocenters. The summed E-state index contributed by atoms with van der Waals surface area (Å²) in [7, 11) is 0. The molecule has 0 amide bonds. The van der Waals surface area contributed by atoms with E-state index in [0.717, 1.165) is 17.1 Å². The number of aryl methyl sites for hydroxylation is 1. The molecular weight excluding hydrogens is 296 g/mol. The summed E-state index contributed by atoms with van der Waals surface area (Å²) in [4.78, 5) is 9.46. The van der Waals surface area contributed by atoms with E-state index < -0.39 is 0 Å². The normalized spacial score (nSPS) is 11.3. The summed E-state index contributed by atoms with van der Waals surface area (Å²) >= 11 is 3.45. The van der Waals surface area contributed by atoms with E-state index in [1.807, 2.05) is 0 Å². The van der Waals surface area contributed by atoms with E-state index in [-0.39, 0.29) is 0 Å². The number of H-pyrrole nitrogens is 1. The molecule has 0 saturated carbocycles. The van der Waals surface area contributed by atoms with Gasteiger partial charge in [0.25, 0.3) is 0 Å². The molecule has 1 aromatic carbocycles. The van der Waals surface area contributed by atoms with Crippen LogP contribution in [0.25, 0.3) is 32.0 Å². The highest BCUT2D eigenvalue weighted by Crippen LogP contribution is 2.35. The number of aromatic amines is 1. The van der Waals surface area contributed by atoms with Crippen molar-refractivity contribution in [2.75, 3.05) is 0 Å². The predicted octanol–water partition coefficient (Wildman–Crippen LogP) is 5.58. The molecule has 3 aromatic heterocycles. The van der Waals surface area contributed by atoms with Gasteiger partial charge in [-0.25, -0.2) is 4.98 Å². The molecule has 0 spiro atoms. The van der Waals surface area contributed by atoms with Crippen LogP contribution in [0.5, 0.6) is 0 Å². The van der Waals surface area contributed by atoms with Gasteiger partial charge in [0.2, 0.25) is 0 Å². The van der Waals surface area contributed by atoms with E-state index in [4.69, 9.17) is 4.98 Å². The SMILES string of the molecule is CCc1cccc2c(-c3csc(-c4cccs4)n3)c[nH]c12. The van der Waals surface area contributed by atoms with Crippen molar-refractivity contribution in [3.8, 4) is 21.1 Å². The minimum absolute atomic E-state index is 1.04. The Balaban J connectivity index is 1.84. The van der Waals surface area contributed by atoms with E-state index in [1.54, 1.807) is 22.7 Å². The summed E-state index contributed by atoms with van der Waals surface area (Å²) < 4.78 is 0. The topological polar surface area (TPSA) is 28.7 Å². The average Bonchev–Trinajstić information content (AvgIpc) is 3.24. The van der Waals surface area contributed by atoms with Crippen molar-refractivity contribution in [2.45, 2.75) is 13.3 Å². The van der Waals surface area contributed by atoms with Gasteiger partial charge in [0, 0.05) is 28.0 Å². The molecule has 0 bridgehead atoms. The maximum Gasteiger partial charge on any atom is 0.134 e. The lowest BCUT2D eigenvalue weighted by atomic mass is 10.1. The molecule has 4 aromatic rings. The number of hydrogen-bond donors (Lipinski definition) is 1. The van der Waals surface area contributed by atoms with Gasteiger partial charge in [-0.05, 0) is 23.4 Å². The van der Waals surface area contributed by atoms with E-state index in [0.29, 0.717) is 0 Å². The molecule has 0 aliphatic carbocycles. The second-order valence-corrected chi connectivity index (χ2v) is 6.72.